The number of hydrogen-bond acceptors (Lipinski definition) is 2. The van der Waals surface area contributed by atoms with E-state index < -0.39 is 0 Å². The van der Waals surface area contributed by atoms with Crippen LogP contribution in [-0.2, 0) is 11.2 Å². The highest BCUT2D eigenvalue weighted by Gasteiger charge is 2.30. The Kier molecular flexibility index (Phi) is 5.79. The molecule has 150 valence electrons. The fraction of sp³-hybridized carbons (Fsp3) is 0.308. The monoisotopic (exact) mass is 389 g/mol. The fourth-order valence-electron chi connectivity index (χ4n) is 4.52. The van der Waals surface area contributed by atoms with E-state index in [2.05, 4.69) is 61.5 Å². The molecule has 0 spiro atoms. The molecule has 2 unspecified atom stereocenters. The van der Waals surface area contributed by atoms with Gasteiger partial charge in [0.1, 0.15) is 5.82 Å². The van der Waals surface area contributed by atoms with E-state index >= 15 is 0 Å². The summed E-state index contributed by atoms with van der Waals surface area (Å²) in [5, 5.41) is 0. The third kappa shape index (κ3) is 4.26. The van der Waals surface area contributed by atoms with Crippen molar-refractivity contribution in [2.45, 2.75) is 18.9 Å². The van der Waals surface area contributed by atoms with E-state index in [0.29, 0.717) is 5.92 Å². The van der Waals surface area contributed by atoms with Crippen LogP contribution in [0.3, 0.4) is 0 Å². The number of fused-ring (bicyclic) bond motifs is 1. The van der Waals surface area contributed by atoms with Crippen LogP contribution in [0.1, 0.15) is 23.7 Å². The molecule has 1 aliphatic carbocycles. The predicted octanol–water partition coefficient (Wildman–Crippen LogP) is 5.97. The largest absolute Gasteiger partial charge is 0.376 e. The van der Waals surface area contributed by atoms with Gasteiger partial charge in [0.05, 0.1) is 6.10 Å². The molecule has 0 fully saturated rings. The van der Waals surface area contributed by atoms with Gasteiger partial charge in [-0.05, 0) is 78.5 Å². The summed E-state index contributed by atoms with van der Waals surface area (Å²) in [4.78, 5) is 2.25. The molecule has 0 radical (unpaired) electrons. The van der Waals surface area contributed by atoms with Crippen molar-refractivity contribution < 1.29 is 9.13 Å². The average Bonchev–Trinajstić information content (AvgIpc) is 2.73. The van der Waals surface area contributed by atoms with Gasteiger partial charge in [-0.2, -0.15) is 0 Å². The number of nitrogens with zero attached hydrogens (tertiary/aromatic N) is 1. The molecule has 29 heavy (non-hydrogen) atoms. The third-order valence-electron chi connectivity index (χ3n) is 5.89. The maximum Gasteiger partial charge on any atom is 0.123 e. The van der Waals surface area contributed by atoms with E-state index in [0.717, 1.165) is 30.5 Å². The second kappa shape index (κ2) is 8.48. The zero-order valence-corrected chi connectivity index (χ0v) is 17.4. The molecule has 0 saturated carbocycles. The van der Waals surface area contributed by atoms with Gasteiger partial charge >= 0.3 is 0 Å². The molecule has 0 bridgehead atoms. The zero-order valence-electron chi connectivity index (χ0n) is 17.4. The van der Waals surface area contributed by atoms with Crippen LogP contribution in [0.2, 0.25) is 0 Å². The first-order chi connectivity index (χ1) is 14.0. The summed E-state index contributed by atoms with van der Waals surface area (Å²) in [6, 6.07) is 21.9. The Hall–Kier alpha value is -2.49. The number of ether oxygens (including phenoxy) is 1. The first-order valence-corrected chi connectivity index (χ1v) is 10.2. The maximum atomic E-state index is 13.3. The molecule has 1 aliphatic rings. The number of hydrogen-bond donors (Lipinski definition) is 0. The molecule has 3 aromatic rings. The van der Waals surface area contributed by atoms with E-state index in [1.807, 2.05) is 19.2 Å². The Morgan fingerprint density at radius 3 is 2.24 bits per heavy atom. The second-order valence-electron chi connectivity index (χ2n) is 8.22. The summed E-state index contributed by atoms with van der Waals surface area (Å²) < 4.78 is 19.2. The van der Waals surface area contributed by atoms with Gasteiger partial charge in [0, 0.05) is 19.6 Å². The van der Waals surface area contributed by atoms with E-state index in [9.17, 15) is 4.39 Å². The minimum atomic E-state index is -0.208. The van der Waals surface area contributed by atoms with Crippen molar-refractivity contribution in [3.05, 3.63) is 83.7 Å². The normalized spacial score (nSPS) is 18.7. The van der Waals surface area contributed by atoms with Crippen LogP contribution in [0.4, 0.5) is 4.39 Å². The Labute approximate surface area is 172 Å². The molecule has 3 aromatic carbocycles. The van der Waals surface area contributed by atoms with Gasteiger partial charge < -0.3 is 9.64 Å². The molecule has 0 heterocycles. The minimum Gasteiger partial charge on any atom is -0.376 e. The lowest BCUT2D eigenvalue weighted by Gasteiger charge is -2.34. The van der Waals surface area contributed by atoms with Crippen molar-refractivity contribution in [2.75, 3.05) is 27.7 Å². The predicted molar refractivity (Wildman–Crippen MR) is 117 cm³/mol. The van der Waals surface area contributed by atoms with Crippen molar-refractivity contribution in [3.8, 4) is 22.3 Å². The molecule has 0 aromatic heterocycles. The summed E-state index contributed by atoms with van der Waals surface area (Å²) in [5.74, 6) is 0.315. The van der Waals surface area contributed by atoms with Crippen molar-refractivity contribution in [3.63, 3.8) is 0 Å². The molecule has 0 aliphatic heterocycles. The van der Waals surface area contributed by atoms with Crippen molar-refractivity contribution >= 4 is 0 Å². The highest BCUT2D eigenvalue weighted by Crippen LogP contribution is 2.39. The van der Waals surface area contributed by atoms with Gasteiger partial charge in [0.2, 0.25) is 0 Å². The van der Waals surface area contributed by atoms with Gasteiger partial charge in [-0.1, -0.05) is 48.5 Å². The van der Waals surface area contributed by atoms with Gasteiger partial charge in [-0.3, -0.25) is 0 Å². The number of halogens is 1. The van der Waals surface area contributed by atoms with Gasteiger partial charge in [-0.15, -0.1) is 0 Å². The average molecular weight is 390 g/mol. The van der Waals surface area contributed by atoms with Crippen LogP contribution in [0.25, 0.3) is 22.3 Å². The first kappa shape index (κ1) is 19.8. The van der Waals surface area contributed by atoms with Crippen LogP contribution in [-0.4, -0.2) is 32.6 Å². The zero-order chi connectivity index (χ0) is 20.4. The van der Waals surface area contributed by atoms with Crippen LogP contribution < -0.4 is 0 Å². The molecular weight excluding hydrogens is 361 g/mol. The van der Waals surface area contributed by atoms with E-state index in [-0.39, 0.29) is 11.9 Å². The van der Waals surface area contributed by atoms with E-state index in [1.54, 1.807) is 0 Å². The summed E-state index contributed by atoms with van der Waals surface area (Å²) >= 11 is 0. The highest BCUT2D eigenvalue weighted by atomic mass is 19.1. The Balaban J connectivity index is 1.64. The molecular formula is C26H28FNO. The SMILES string of the molecule is COC1c2ccc(-c3cccc(-c4ccc(F)cc4)c3)cc2CCC1CN(C)C. The van der Waals surface area contributed by atoms with Crippen LogP contribution in [0, 0.1) is 11.7 Å². The molecule has 2 nitrogen and oxygen atoms in total. The minimum absolute atomic E-state index is 0.153. The maximum absolute atomic E-state index is 13.3. The van der Waals surface area contributed by atoms with Crippen LogP contribution in [0.5, 0.6) is 0 Å². The lowest BCUT2D eigenvalue weighted by atomic mass is 9.80. The van der Waals surface area contributed by atoms with Gasteiger partial charge in [-0.25, -0.2) is 4.39 Å². The Morgan fingerprint density at radius 2 is 1.55 bits per heavy atom. The quantitative estimate of drug-likeness (QED) is 0.533. The number of rotatable bonds is 5. The summed E-state index contributed by atoms with van der Waals surface area (Å²) in [6.07, 6.45) is 2.38. The number of methoxy groups -OCH3 is 1. The second-order valence-corrected chi connectivity index (χ2v) is 8.22. The van der Waals surface area contributed by atoms with Crippen LogP contribution in [0.15, 0.2) is 66.7 Å². The Morgan fingerprint density at radius 1 is 0.897 bits per heavy atom. The number of benzene rings is 3. The summed E-state index contributed by atoms with van der Waals surface area (Å²) in [6.45, 7) is 1.04. The first-order valence-electron chi connectivity index (χ1n) is 10.2. The summed E-state index contributed by atoms with van der Waals surface area (Å²) in [5.41, 5.74) is 7.23. The molecule has 4 rings (SSSR count). The summed E-state index contributed by atoms with van der Waals surface area (Å²) in [7, 11) is 6.07. The van der Waals surface area contributed by atoms with Gasteiger partial charge in [0.25, 0.3) is 0 Å². The highest BCUT2D eigenvalue weighted by molar-refractivity contribution is 5.73. The van der Waals surface area contributed by atoms with Crippen molar-refractivity contribution in [2.24, 2.45) is 5.92 Å². The molecule has 0 N–H and O–H groups in total. The standard InChI is InChI=1S/C26H28FNO/c1-28(2)17-23-8-7-22-16-21(11-14-25(22)26(23)29-3)20-6-4-5-19(15-20)18-9-12-24(27)13-10-18/h4-6,9-16,23,26H,7-8,17H2,1-3H3. The molecule has 0 amide bonds. The molecule has 3 heteroatoms. The van der Waals surface area contributed by atoms with Crippen molar-refractivity contribution in [1.82, 2.24) is 4.90 Å². The van der Waals surface area contributed by atoms with Crippen molar-refractivity contribution in [1.29, 1.82) is 0 Å². The van der Waals surface area contributed by atoms with Crippen LogP contribution >= 0.6 is 0 Å². The van der Waals surface area contributed by atoms with E-state index in [1.165, 1.54) is 34.4 Å². The third-order valence-corrected chi connectivity index (χ3v) is 5.89. The Bertz CT molecular complexity index is 980. The smallest absolute Gasteiger partial charge is 0.123 e. The lowest BCUT2D eigenvalue weighted by Crippen LogP contribution is -2.31. The fourth-order valence-corrected chi connectivity index (χ4v) is 4.52. The molecule has 0 saturated heterocycles. The lowest BCUT2D eigenvalue weighted by molar-refractivity contribution is 0.0299. The van der Waals surface area contributed by atoms with E-state index in [4.69, 9.17) is 4.74 Å². The molecule has 2 atom stereocenters. The number of aryl methyl sites for hydroxylation is 1. The topological polar surface area (TPSA) is 12.5 Å². The van der Waals surface area contributed by atoms with Gasteiger partial charge in [0.15, 0.2) is 0 Å².